The van der Waals surface area contributed by atoms with Crippen LogP contribution in [0.2, 0.25) is 0 Å². The zero-order valence-corrected chi connectivity index (χ0v) is 13.7. The van der Waals surface area contributed by atoms with Crippen LogP contribution in [0.5, 0.6) is 5.75 Å². The maximum atomic E-state index is 8.66. The number of oxime groups is 1. The van der Waals surface area contributed by atoms with Gasteiger partial charge in [0, 0.05) is 5.56 Å². The predicted molar refractivity (Wildman–Crippen MR) is 85.5 cm³/mol. The molecular weight excluding hydrogens is 320 g/mol. The van der Waals surface area contributed by atoms with Crippen LogP contribution in [-0.4, -0.2) is 17.6 Å². The largest absolute Gasteiger partial charge is 0.492 e. The van der Waals surface area contributed by atoms with Crippen molar-refractivity contribution in [2.75, 3.05) is 6.61 Å². The molecule has 1 aromatic carbocycles. The summed E-state index contributed by atoms with van der Waals surface area (Å²) < 4.78 is 6.68. The van der Waals surface area contributed by atoms with Crippen LogP contribution in [0.1, 0.15) is 45.1 Å². The van der Waals surface area contributed by atoms with Crippen molar-refractivity contribution >= 4 is 21.8 Å². The Balaban J connectivity index is 2.64. The molecule has 0 aliphatic rings. The first-order valence-corrected chi connectivity index (χ1v) is 7.81. The third-order valence-electron chi connectivity index (χ3n) is 3.35. The van der Waals surface area contributed by atoms with Gasteiger partial charge in [-0.1, -0.05) is 38.3 Å². The molecule has 1 atom stereocenters. The van der Waals surface area contributed by atoms with E-state index in [0.717, 1.165) is 23.2 Å². The number of rotatable bonds is 8. The van der Waals surface area contributed by atoms with Crippen LogP contribution >= 0.6 is 15.9 Å². The molecule has 0 fully saturated rings. The van der Waals surface area contributed by atoms with Crippen molar-refractivity contribution in [2.24, 2.45) is 16.8 Å². The molecule has 0 bridgehead atoms. The molecule has 0 saturated carbocycles. The summed E-state index contributed by atoms with van der Waals surface area (Å²) in [5.41, 5.74) is 6.21. The molecule has 5 heteroatoms. The summed E-state index contributed by atoms with van der Waals surface area (Å²) in [7, 11) is 0. The first-order valence-electron chi connectivity index (χ1n) is 7.02. The summed E-state index contributed by atoms with van der Waals surface area (Å²) in [4.78, 5) is 0. The second-order valence-corrected chi connectivity index (χ2v) is 5.71. The van der Waals surface area contributed by atoms with E-state index in [4.69, 9.17) is 15.7 Å². The fourth-order valence-corrected chi connectivity index (χ4v) is 2.43. The average molecular weight is 343 g/mol. The van der Waals surface area contributed by atoms with Crippen LogP contribution in [0, 0.1) is 5.92 Å². The number of hydrogen-bond acceptors (Lipinski definition) is 3. The molecule has 4 nitrogen and oxygen atoms in total. The minimum Gasteiger partial charge on any atom is -0.492 e. The molecule has 1 rings (SSSR count). The summed E-state index contributed by atoms with van der Waals surface area (Å²) in [6, 6.07) is 5.41. The van der Waals surface area contributed by atoms with Crippen LogP contribution < -0.4 is 10.5 Å². The number of ether oxygens (including phenoxy) is 1. The zero-order valence-electron chi connectivity index (χ0n) is 12.1. The Labute approximate surface area is 129 Å². The molecule has 0 amide bonds. The Kier molecular flexibility index (Phi) is 7.44. The molecule has 1 unspecified atom stereocenters. The molecule has 20 heavy (non-hydrogen) atoms. The van der Waals surface area contributed by atoms with Gasteiger partial charge in [0.2, 0.25) is 0 Å². The zero-order chi connectivity index (χ0) is 15.0. The maximum Gasteiger partial charge on any atom is 0.170 e. The van der Waals surface area contributed by atoms with Gasteiger partial charge < -0.3 is 15.7 Å². The molecule has 0 heterocycles. The van der Waals surface area contributed by atoms with E-state index < -0.39 is 0 Å². The van der Waals surface area contributed by atoms with Crippen LogP contribution in [0.25, 0.3) is 0 Å². The Hall–Kier alpha value is -1.23. The lowest BCUT2D eigenvalue weighted by atomic mass is 10.0. The molecular formula is C15H23BrN2O2. The van der Waals surface area contributed by atoms with Gasteiger partial charge in [0.15, 0.2) is 5.84 Å². The van der Waals surface area contributed by atoms with Crippen molar-refractivity contribution in [3.05, 3.63) is 28.2 Å². The lowest BCUT2D eigenvalue weighted by Crippen LogP contribution is -2.14. The van der Waals surface area contributed by atoms with Crippen molar-refractivity contribution in [3.63, 3.8) is 0 Å². The summed E-state index contributed by atoms with van der Waals surface area (Å²) in [5.74, 6) is 1.46. The fraction of sp³-hybridized carbons (Fsp3) is 0.533. The highest BCUT2D eigenvalue weighted by Gasteiger charge is 2.10. The molecule has 1 aromatic rings. The number of unbranched alkanes of at least 4 members (excludes halogenated alkanes) is 1. The quantitative estimate of drug-likeness (QED) is 0.323. The maximum absolute atomic E-state index is 8.66. The Morgan fingerprint density at radius 1 is 1.45 bits per heavy atom. The van der Waals surface area contributed by atoms with E-state index in [1.54, 1.807) is 12.1 Å². The topological polar surface area (TPSA) is 67.8 Å². The molecule has 0 spiro atoms. The predicted octanol–water partition coefficient (Wildman–Crippen LogP) is 4.14. The molecule has 0 radical (unpaired) electrons. The highest BCUT2D eigenvalue weighted by molar-refractivity contribution is 9.10. The summed E-state index contributed by atoms with van der Waals surface area (Å²) in [6.45, 7) is 5.12. The molecule has 0 aliphatic carbocycles. The van der Waals surface area contributed by atoms with E-state index in [2.05, 4.69) is 34.9 Å². The minimum atomic E-state index is 0.0895. The first kappa shape index (κ1) is 16.8. The van der Waals surface area contributed by atoms with Crippen molar-refractivity contribution < 1.29 is 9.94 Å². The van der Waals surface area contributed by atoms with Gasteiger partial charge >= 0.3 is 0 Å². The molecule has 0 aliphatic heterocycles. The van der Waals surface area contributed by atoms with Crippen molar-refractivity contribution in [2.45, 2.75) is 39.5 Å². The number of hydrogen-bond donors (Lipinski definition) is 2. The number of amidine groups is 1. The van der Waals surface area contributed by atoms with E-state index in [-0.39, 0.29) is 5.84 Å². The van der Waals surface area contributed by atoms with Gasteiger partial charge in [-0.15, -0.1) is 0 Å². The van der Waals surface area contributed by atoms with E-state index in [1.165, 1.54) is 19.3 Å². The normalized spacial score (nSPS) is 13.2. The number of nitrogens with two attached hydrogens (primary N) is 1. The van der Waals surface area contributed by atoms with E-state index in [0.29, 0.717) is 11.5 Å². The highest BCUT2D eigenvalue weighted by atomic mass is 79.9. The average Bonchev–Trinajstić information content (AvgIpc) is 2.47. The monoisotopic (exact) mass is 342 g/mol. The Morgan fingerprint density at radius 3 is 2.75 bits per heavy atom. The minimum absolute atomic E-state index is 0.0895. The first-order chi connectivity index (χ1) is 9.62. The van der Waals surface area contributed by atoms with E-state index in [9.17, 15) is 0 Å². The van der Waals surface area contributed by atoms with Gasteiger partial charge in [-0.2, -0.15) is 0 Å². The van der Waals surface area contributed by atoms with Gasteiger partial charge in [0.1, 0.15) is 5.75 Å². The highest BCUT2D eigenvalue weighted by Crippen LogP contribution is 2.27. The smallest absolute Gasteiger partial charge is 0.170 e. The van der Waals surface area contributed by atoms with E-state index in [1.807, 2.05) is 6.07 Å². The molecule has 0 aromatic heterocycles. The van der Waals surface area contributed by atoms with Gasteiger partial charge in [-0.05, 0) is 46.5 Å². The Bertz CT molecular complexity index is 449. The SMILES string of the molecule is CCCCC(CC)COc1ccc(/C(N)=N/O)cc1Br. The second-order valence-electron chi connectivity index (χ2n) is 4.86. The lowest BCUT2D eigenvalue weighted by molar-refractivity contribution is 0.232. The van der Waals surface area contributed by atoms with Crippen molar-refractivity contribution in [1.29, 1.82) is 0 Å². The summed E-state index contributed by atoms with van der Waals surface area (Å²) >= 11 is 3.45. The standard InChI is InChI=1S/C15H23BrN2O2/c1-3-5-6-11(4-2)10-20-14-8-7-12(9-13(14)16)15(17)18-19/h7-9,11,19H,3-6,10H2,1-2H3,(H2,17,18). The summed E-state index contributed by atoms with van der Waals surface area (Å²) in [5, 5.41) is 11.6. The van der Waals surface area contributed by atoms with Gasteiger partial charge in [-0.3, -0.25) is 0 Å². The van der Waals surface area contributed by atoms with Crippen molar-refractivity contribution in [3.8, 4) is 5.75 Å². The van der Waals surface area contributed by atoms with Crippen LogP contribution in [-0.2, 0) is 0 Å². The second kappa shape index (κ2) is 8.84. The van der Waals surface area contributed by atoms with Crippen LogP contribution in [0.4, 0.5) is 0 Å². The lowest BCUT2D eigenvalue weighted by Gasteiger charge is -2.16. The number of nitrogens with zero attached hydrogens (tertiary/aromatic N) is 1. The van der Waals surface area contributed by atoms with Gasteiger partial charge in [0.05, 0.1) is 11.1 Å². The number of benzene rings is 1. The molecule has 3 N–H and O–H groups in total. The van der Waals surface area contributed by atoms with Crippen LogP contribution in [0.15, 0.2) is 27.8 Å². The van der Waals surface area contributed by atoms with E-state index >= 15 is 0 Å². The van der Waals surface area contributed by atoms with Crippen LogP contribution in [0.3, 0.4) is 0 Å². The number of halogens is 1. The third-order valence-corrected chi connectivity index (χ3v) is 3.97. The van der Waals surface area contributed by atoms with Gasteiger partial charge in [0.25, 0.3) is 0 Å². The Morgan fingerprint density at radius 2 is 2.20 bits per heavy atom. The molecule has 112 valence electrons. The fourth-order valence-electron chi connectivity index (χ4n) is 1.94. The molecule has 0 saturated heterocycles. The van der Waals surface area contributed by atoms with Crippen molar-refractivity contribution in [1.82, 2.24) is 0 Å². The third kappa shape index (κ3) is 5.04. The van der Waals surface area contributed by atoms with Gasteiger partial charge in [-0.25, -0.2) is 0 Å². The summed E-state index contributed by atoms with van der Waals surface area (Å²) in [6.07, 6.45) is 4.78.